The van der Waals surface area contributed by atoms with Crippen LogP contribution in [0.15, 0.2) is 71.8 Å². The molecule has 3 rings (SSSR count). The third-order valence-corrected chi connectivity index (χ3v) is 5.28. The molecule has 0 spiro atoms. The van der Waals surface area contributed by atoms with Crippen molar-refractivity contribution < 1.29 is 9.53 Å². The first-order chi connectivity index (χ1) is 15.3. The molecule has 31 heavy (non-hydrogen) atoms. The molecule has 0 radical (unpaired) electrons. The van der Waals surface area contributed by atoms with Crippen molar-refractivity contribution in [3.63, 3.8) is 0 Å². The van der Waals surface area contributed by atoms with Gasteiger partial charge < -0.3 is 4.74 Å². The van der Waals surface area contributed by atoms with Crippen molar-refractivity contribution in [1.82, 2.24) is 5.43 Å². The molecule has 162 valence electrons. The van der Waals surface area contributed by atoms with Gasteiger partial charge in [-0.25, -0.2) is 5.43 Å². The maximum absolute atomic E-state index is 12.3. The molecule has 3 aromatic rings. The van der Waals surface area contributed by atoms with Crippen LogP contribution in [0.3, 0.4) is 0 Å². The van der Waals surface area contributed by atoms with Crippen LogP contribution in [-0.4, -0.2) is 18.7 Å². The molecule has 0 saturated carbocycles. The molecule has 0 aliphatic carbocycles. The number of nitrogens with zero attached hydrogens (tertiary/aromatic N) is 1. The number of benzene rings is 3. The predicted octanol–water partition coefficient (Wildman–Crippen LogP) is 6.27. The van der Waals surface area contributed by atoms with Gasteiger partial charge in [-0.3, -0.25) is 4.79 Å². The summed E-state index contributed by atoms with van der Waals surface area (Å²) in [4.78, 5) is 12.3. The number of unbranched alkanes of at least 4 members (excludes halogenated alkanes) is 5. The summed E-state index contributed by atoms with van der Waals surface area (Å²) in [5.74, 6) is 0.734. The molecule has 0 bridgehead atoms. The first-order valence-electron chi connectivity index (χ1n) is 11.3. The zero-order chi connectivity index (χ0) is 21.7. The minimum absolute atomic E-state index is 0.133. The number of carbonyl (C=O) groups excluding carboxylic acids is 1. The van der Waals surface area contributed by atoms with E-state index in [0.29, 0.717) is 6.42 Å². The fourth-order valence-electron chi connectivity index (χ4n) is 3.56. The van der Waals surface area contributed by atoms with Gasteiger partial charge in [0.15, 0.2) is 0 Å². The first kappa shape index (κ1) is 22.5. The van der Waals surface area contributed by atoms with Crippen molar-refractivity contribution in [2.24, 2.45) is 5.10 Å². The molecule has 0 heterocycles. The average molecular weight is 417 g/mol. The van der Waals surface area contributed by atoms with Crippen molar-refractivity contribution in [3.8, 4) is 5.75 Å². The molecule has 0 saturated heterocycles. The van der Waals surface area contributed by atoms with E-state index in [1.54, 1.807) is 6.21 Å². The Balaban J connectivity index is 1.40. The molecule has 4 nitrogen and oxygen atoms in total. The SMILES string of the molecule is CCCCCCCCOc1ccc(/C=N\NC(=O)Cc2cccc3ccccc23)cc1. The molecule has 0 aliphatic rings. The van der Waals surface area contributed by atoms with E-state index in [0.717, 1.165) is 40.7 Å². The Kier molecular flexibility index (Phi) is 9.11. The Morgan fingerprint density at radius 1 is 0.903 bits per heavy atom. The summed E-state index contributed by atoms with van der Waals surface area (Å²) in [6.45, 7) is 2.99. The number of hydrogen-bond donors (Lipinski definition) is 1. The number of nitrogens with one attached hydrogen (secondary N) is 1. The summed E-state index contributed by atoms with van der Waals surface area (Å²) in [6.07, 6.45) is 9.48. The molecule has 0 unspecified atom stereocenters. The molecule has 0 aliphatic heterocycles. The first-order valence-corrected chi connectivity index (χ1v) is 11.3. The number of rotatable bonds is 12. The monoisotopic (exact) mass is 416 g/mol. The number of carbonyl (C=O) groups is 1. The van der Waals surface area contributed by atoms with Gasteiger partial charge in [0.2, 0.25) is 5.91 Å². The van der Waals surface area contributed by atoms with Crippen molar-refractivity contribution in [3.05, 3.63) is 77.9 Å². The lowest BCUT2D eigenvalue weighted by atomic mass is 10.0. The van der Waals surface area contributed by atoms with Gasteiger partial charge in [0.1, 0.15) is 5.75 Å². The number of hydrogen-bond acceptors (Lipinski definition) is 3. The summed E-state index contributed by atoms with van der Waals surface area (Å²) in [5, 5.41) is 6.33. The van der Waals surface area contributed by atoms with E-state index in [4.69, 9.17) is 4.74 Å². The average Bonchev–Trinajstić information content (AvgIpc) is 2.80. The molecule has 0 atom stereocenters. The zero-order valence-electron chi connectivity index (χ0n) is 18.3. The van der Waals surface area contributed by atoms with Gasteiger partial charge in [-0.1, -0.05) is 81.5 Å². The fraction of sp³-hybridized carbons (Fsp3) is 0.333. The van der Waals surface area contributed by atoms with Gasteiger partial charge in [-0.05, 0) is 52.6 Å². The minimum Gasteiger partial charge on any atom is -0.494 e. The van der Waals surface area contributed by atoms with E-state index in [2.05, 4.69) is 29.6 Å². The third kappa shape index (κ3) is 7.56. The topological polar surface area (TPSA) is 50.7 Å². The number of hydrazone groups is 1. The van der Waals surface area contributed by atoms with Gasteiger partial charge in [0.05, 0.1) is 19.2 Å². The van der Waals surface area contributed by atoms with Crippen molar-refractivity contribution in [1.29, 1.82) is 0 Å². The Labute approximate surface area is 185 Å². The second-order valence-corrected chi connectivity index (χ2v) is 7.79. The van der Waals surface area contributed by atoms with Gasteiger partial charge in [-0.15, -0.1) is 0 Å². The van der Waals surface area contributed by atoms with Crippen LogP contribution in [0.25, 0.3) is 10.8 Å². The predicted molar refractivity (Wildman–Crippen MR) is 129 cm³/mol. The molecule has 0 aromatic heterocycles. The Morgan fingerprint density at radius 3 is 2.48 bits per heavy atom. The lowest BCUT2D eigenvalue weighted by Crippen LogP contribution is -2.19. The largest absolute Gasteiger partial charge is 0.494 e. The van der Waals surface area contributed by atoms with Crippen molar-refractivity contribution in [2.45, 2.75) is 51.9 Å². The van der Waals surface area contributed by atoms with Crippen LogP contribution >= 0.6 is 0 Å². The quantitative estimate of drug-likeness (QED) is 0.215. The standard InChI is InChI=1S/C27H32N2O2/c1-2-3-4-5-6-9-19-31-25-17-15-22(16-18-25)21-28-29-27(30)20-24-13-10-12-23-11-7-8-14-26(23)24/h7-8,10-18,21H,2-6,9,19-20H2,1H3,(H,29,30)/b28-21-. The number of fused-ring (bicyclic) bond motifs is 1. The molecule has 1 N–H and O–H groups in total. The second-order valence-electron chi connectivity index (χ2n) is 7.79. The van der Waals surface area contributed by atoms with Crippen LogP contribution in [0, 0.1) is 0 Å². The summed E-state index contributed by atoms with van der Waals surface area (Å²) in [7, 11) is 0. The van der Waals surface area contributed by atoms with E-state index < -0.39 is 0 Å². The van der Waals surface area contributed by atoms with Gasteiger partial charge in [0, 0.05) is 0 Å². The third-order valence-electron chi connectivity index (χ3n) is 5.28. The van der Waals surface area contributed by atoms with Crippen LogP contribution in [0.1, 0.15) is 56.6 Å². The molecule has 3 aromatic carbocycles. The van der Waals surface area contributed by atoms with E-state index in [-0.39, 0.29) is 5.91 Å². The summed E-state index contributed by atoms with van der Waals surface area (Å²) in [5.41, 5.74) is 4.53. The highest BCUT2D eigenvalue weighted by atomic mass is 16.5. The molecular formula is C27H32N2O2. The zero-order valence-corrected chi connectivity index (χ0v) is 18.3. The van der Waals surface area contributed by atoms with Crippen LogP contribution in [0.5, 0.6) is 5.75 Å². The van der Waals surface area contributed by atoms with E-state index in [9.17, 15) is 4.79 Å². The number of ether oxygens (including phenoxy) is 1. The molecule has 1 amide bonds. The van der Waals surface area contributed by atoms with Crippen molar-refractivity contribution in [2.75, 3.05) is 6.61 Å². The van der Waals surface area contributed by atoms with Crippen LogP contribution < -0.4 is 10.2 Å². The van der Waals surface area contributed by atoms with E-state index in [1.165, 1.54) is 32.1 Å². The Hall–Kier alpha value is -3.14. The Bertz CT molecular complexity index is 975. The summed E-state index contributed by atoms with van der Waals surface area (Å²) in [6, 6.07) is 21.9. The maximum Gasteiger partial charge on any atom is 0.244 e. The molecular weight excluding hydrogens is 384 g/mol. The van der Waals surface area contributed by atoms with Gasteiger partial charge in [0.25, 0.3) is 0 Å². The fourth-order valence-corrected chi connectivity index (χ4v) is 3.56. The highest BCUT2D eigenvalue weighted by Gasteiger charge is 2.06. The normalized spacial score (nSPS) is 11.1. The lowest BCUT2D eigenvalue weighted by Gasteiger charge is -2.06. The van der Waals surface area contributed by atoms with E-state index >= 15 is 0 Å². The van der Waals surface area contributed by atoms with Gasteiger partial charge in [-0.2, -0.15) is 5.10 Å². The summed E-state index contributed by atoms with van der Waals surface area (Å²) < 4.78 is 5.80. The van der Waals surface area contributed by atoms with Gasteiger partial charge >= 0.3 is 0 Å². The lowest BCUT2D eigenvalue weighted by molar-refractivity contribution is -0.120. The van der Waals surface area contributed by atoms with Crippen LogP contribution in [0.4, 0.5) is 0 Å². The highest BCUT2D eigenvalue weighted by Crippen LogP contribution is 2.19. The smallest absolute Gasteiger partial charge is 0.244 e. The number of amides is 1. The molecule has 4 heteroatoms. The van der Waals surface area contributed by atoms with Crippen molar-refractivity contribution >= 4 is 22.9 Å². The van der Waals surface area contributed by atoms with Crippen LogP contribution in [-0.2, 0) is 11.2 Å². The van der Waals surface area contributed by atoms with E-state index in [1.807, 2.05) is 54.6 Å². The van der Waals surface area contributed by atoms with Crippen LogP contribution in [0.2, 0.25) is 0 Å². The molecule has 0 fully saturated rings. The summed E-state index contributed by atoms with van der Waals surface area (Å²) >= 11 is 0. The maximum atomic E-state index is 12.3. The second kappa shape index (κ2) is 12.5. The minimum atomic E-state index is -0.133. The highest BCUT2D eigenvalue weighted by molar-refractivity contribution is 5.90. The Morgan fingerprint density at radius 2 is 1.65 bits per heavy atom.